The van der Waals surface area contributed by atoms with Crippen LogP contribution in [0.2, 0.25) is 0 Å². The van der Waals surface area contributed by atoms with Crippen molar-refractivity contribution in [2.45, 2.75) is 32.1 Å². The van der Waals surface area contributed by atoms with E-state index in [1.165, 1.54) is 24.2 Å². The van der Waals surface area contributed by atoms with E-state index in [-0.39, 0.29) is 6.61 Å². The van der Waals surface area contributed by atoms with Crippen molar-refractivity contribution in [3.8, 4) is 0 Å². The third-order valence-electron chi connectivity index (χ3n) is 3.07. The second kappa shape index (κ2) is 6.54. The molecule has 0 heterocycles. The molecule has 0 bridgehead atoms. The van der Waals surface area contributed by atoms with Crippen molar-refractivity contribution in [3.05, 3.63) is 0 Å². The summed E-state index contributed by atoms with van der Waals surface area (Å²) in [4.78, 5) is 0. The molecule has 6 heteroatoms. The first-order chi connectivity index (χ1) is 7.56. The van der Waals surface area contributed by atoms with Crippen molar-refractivity contribution < 1.29 is 13.5 Å². The summed E-state index contributed by atoms with van der Waals surface area (Å²) in [5, 5.41) is 8.64. The highest BCUT2D eigenvalue weighted by Crippen LogP contribution is 2.23. The van der Waals surface area contributed by atoms with Gasteiger partial charge in [-0.3, -0.25) is 0 Å². The SMILES string of the molecule is CN(CCCO)S(=O)(=O)NCC1CCCC1. The van der Waals surface area contributed by atoms with Gasteiger partial charge in [0.15, 0.2) is 0 Å². The van der Waals surface area contributed by atoms with Gasteiger partial charge in [-0.15, -0.1) is 0 Å². The number of hydrogen-bond donors (Lipinski definition) is 2. The van der Waals surface area contributed by atoms with Gasteiger partial charge in [-0.05, 0) is 25.2 Å². The molecule has 0 unspecified atom stereocenters. The zero-order valence-corrected chi connectivity index (χ0v) is 10.7. The fraction of sp³-hybridized carbons (Fsp3) is 1.00. The summed E-state index contributed by atoms with van der Waals surface area (Å²) in [5.41, 5.74) is 0. The molecule has 16 heavy (non-hydrogen) atoms. The fourth-order valence-electron chi connectivity index (χ4n) is 1.96. The third-order valence-corrected chi connectivity index (χ3v) is 4.61. The standard InChI is InChI=1S/C10H22N2O3S/c1-12(7-4-8-13)16(14,15)11-9-10-5-2-3-6-10/h10-11,13H,2-9H2,1H3. The molecule has 0 saturated heterocycles. The lowest BCUT2D eigenvalue weighted by Gasteiger charge is -2.18. The molecule has 1 aliphatic rings. The monoisotopic (exact) mass is 250 g/mol. The van der Waals surface area contributed by atoms with Crippen LogP contribution in [0.4, 0.5) is 0 Å². The van der Waals surface area contributed by atoms with Crippen molar-refractivity contribution in [2.75, 3.05) is 26.7 Å². The Labute approximate surface area is 98.0 Å². The molecule has 1 aliphatic carbocycles. The van der Waals surface area contributed by atoms with Crippen molar-refractivity contribution in [3.63, 3.8) is 0 Å². The highest BCUT2D eigenvalue weighted by atomic mass is 32.2. The van der Waals surface area contributed by atoms with Crippen LogP contribution in [0.5, 0.6) is 0 Å². The largest absolute Gasteiger partial charge is 0.396 e. The van der Waals surface area contributed by atoms with Crippen LogP contribution in [0.15, 0.2) is 0 Å². The third kappa shape index (κ3) is 4.37. The molecular weight excluding hydrogens is 228 g/mol. The molecular formula is C10H22N2O3S. The summed E-state index contributed by atoms with van der Waals surface area (Å²) >= 11 is 0. The van der Waals surface area contributed by atoms with Gasteiger partial charge in [0, 0.05) is 26.7 Å². The number of aliphatic hydroxyl groups is 1. The average Bonchev–Trinajstić information content (AvgIpc) is 2.76. The molecule has 0 aromatic rings. The Kier molecular flexibility index (Phi) is 5.68. The van der Waals surface area contributed by atoms with Gasteiger partial charge in [0.05, 0.1) is 0 Å². The average molecular weight is 250 g/mol. The Morgan fingerprint density at radius 1 is 1.38 bits per heavy atom. The van der Waals surface area contributed by atoms with E-state index in [2.05, 4.69) is 4.72 Å². The van der Waals surface area contributed by atoms with Crippen molar-refractivity contribution in [1.82, 2.24) is 9.03 Å². The van der Waals surface area contributed by atoms with Crippen LogP contribution in [0.3, 0.4) is 0 Å². The fourth-order valence-corrected chi connectivity index (χ4v) is 3.00. The van der Waals surface area contributed by atoms with Crippen LogP contribution in [-0.4, -0.2) is 44.6 Å². The van der Waals surface area contributed by atoms with Gasteiger partial charge in [-0.25, -0.2) is 4.72 Å². The summed E-state index contributed by atoms with van der Waals surface area (Å²) in [5.74, 6) is 0.501. The zero-order valence-electron chi connectivity index (χ0n) is 9.85. The lowest BCUT2D eigenvalue weighted by atomic mass is 10.1. The van der Waals surface area contributed by atoms with Gasteiger partial charge in [-0.1, -0.05) is 12.8 Å². The van der Waals surface area contributed by atoms with E-state index in [1.54, 1.807) is 0 Å². The van der Waals surface area contributed by atoms with E-state index in [0.29, 0.717) is 25.4 Å². The molecule has 0 aromatic heterocycles. The van der Waals surface area contributed by atoms with Crippen LogP contribution in [-0.2, 0) is 10.2 Å². The van der Waals surface area contributed by atoms with Gasteiger partial charge in [0.1, 0.15) is 0 Å². The van der Waals surface area contributed by atoms with E-state index in [9.17, 15) is 8.42 Å². The first-order valence-corrected chi connectivity index (χ1v) is 7.32. The second-order valence-electron chi connectivity index (χ2n) is 4.40. The van der Waals surface area contributed by atoms with E-state index in [0.717, 1.165) is 12.8 Å². The second-order valence-corrected chi connectivity index (χ2v) is 6.26. The molecule has 0 aliphatic heterocycles. The Morgan fingerprint density at radius 3 is 2.56 bits per heavy atom. The lowest BCUT2D eigenvalue weighted by molar-refractivity contribution is 0.275. The number of rotatable bonds is 7. The van der Waals surface area contributed by atoms with Crippen LogP contribution in [0, 0.1) is 5.92 Å². The maximum atomic E-state index is 11.7. The highest BCUT2D eigenvalue weighted by molar-refractivity contribution is 7.87. The smallest absolute Gasteiger partial charge is 0.279 e. The Balaban J connectivity index is 2.32. The Hall–Kier alpha value is -0.170. The molecule has 0 spiro atoms. The van der Waals surface area contributed by atoms with Gasteiger partial charge >= 0.3 is 0 Å². The molecule has 1 fully saturated rings. The van der Waals surface area contributed by atoms with Gasteiger partial charge in [0.2, 0.25) is 0 Å². The summed E-state index contributed by atoms with van der Waals surface area (Å²) in [6, 6.07) is 0. The van der Waals surface area contributed by atoms with Crippen LogP contribution in [0.25, 0.3) is 0 Å². The summed E-state index contributed by atoms with van der Waals surface area (Å²) in [6.07, 6.45) is 5.16. The molecule has 2 N–H and O–H groups in total. The van der Waals surface area contributed by atoms with Crippen LogP contribution in [0.1, 0.15) is 32.1 Å². The molecule has 1 rings (SSSR count). The minimum absolute atomic E-state index is 0.0164. The highest BCUT2D eigenvalue weighted by Gasteiger charge is 2.20. The number of aliphatic hydroxyl groups excluding tert-OH is 1. The Bertz CT molecular complexity index is 286. The van der Waals surface area contributed by atoms with Crippen molar-refractivity contribution in [1.29, 1.82) is 0 Å². The molecule has 0 radical (unpaired) electrons. The van der Waals surface area contributed by atoms with Gasteiger partial charge in [-0.2, -0.15) is 12.7 Å². The van der Waals surface area contributed by atoms with Gasteiger partial charge < -0.3 is 5.11 Å². The topological polar surface area (TPSA) is 69.6 Å². The summed E-state index contributed by atoms with van der Waals surface area (Å²) < 4.78 is 27.3. The first kappa shape index (κ1) is 13.9. The van der Waals surface area contributed by atoms with Crippen LogP contribution >= 0.6 is 0 Å². The van der Waals surface area contributed by atoms with E-state index in [1.807, 2.05) is 0 Å². The normalized spacial score (nSPS) is 18.4. The molecule has 0 atom stereocenters. The van der Waals surface area contributed by atoms with Crippen molar-refractivity contribution >= 4 is 10.2 Å². The number of hydrogen-bond acceptors (Lipinski definition) is 3. The molecule has 0 amide bonds. The molecule has 0 aromatic carbocycles. The minimum Gasteiger partial charge on any atom is -0.396 e. The zero-order chi connectivity index (χ0) is 12.0. The summed E-state index contributed by atoms with van der Waals surface area (Å²) in [6.45, 7) is 0.921. The van der Waals surface area contributed by atoms with Crippen LogP contribution < -0.4 is 4.72 Å². The van der Waals surface area contributed by atoms with Crippen molar-refractivity contribution in [2.24, 2.45) is 5.92 Å². The maximum Gasteiger partial charge on any atom is 0.279 e. The minimum atomic E-state index is -3.35. The predicted octanol–water partition coefficient (Wildman–Crippen LogP) is 0.325. The lowest BCUT2D eigenvalue weighted by Crippen LogP contribution is -2.40. The molecule has 1 saturated carbocycles. The van der Waals surface area contributed by atoms with E-state index < -0.39 is 10.2 Å². The predicted molar refractivity (Wildman–Crippen MR) is 63.2 cm³/mol. The maximum absolute atomic E-state index is 11.7. The van der Waals surface area contributed by atoms with Gasteiger partial charge in [0.25, 0.3) is 10.2 Å². The Morgan fingerprint density at radius 2 is 2.00 bits per heavy atom. The molecule has 96 valence electrons. The number of nitrogens with zero attached hydrogens (tertiary/aromatic N) is 1. The van der Waals surface area contributed by atoms with E-state index in [4.69, 9.17) is 5.11 Å². The molecule has 5 nitrogen and oxygen atoms in total. The quantitative estimate of drug-likeness (QED) is 0.684. The van der Waals surface area contributed by atoms with E-state index >= 15 is 0 Å². The summed E-state index contributed by atoms with van der Waals surface area (Å²) in [7, 11) is -1.81. The number of nitrogens with one attached hydrogen (secondary N) is 1. The first-order valence-electron chi connectivity index (χ1n) is 5.88.